The number of H-pyrrole nitrogens is 1. The number of nitro benzene ring substituents is 1. The molecule has 1 aromatic carbocycles. The van der Waals surface area contributed by atoms with Crippen LogP contribution in [0.15, 0.2) is 32.3 Å². The van der Waals surface area contributed by atoms with Gasteiger partial charge in [-0.25, -0.2) is 9.36 Å². The number of nitrogens with one attached hydrogen (secondary N) is 1. The van der Waals surface area contributed by atoms with E-state index in [0.717, 1.165) is 10.6 Å². The van der Waals surface area contributed by atoms with Gasteiger partial charge in [-0.15, -0.1) is 0 Å². The summed E-state index contributed by atoms with van der Waals surface area (Å²) in [5, 5.41) is 10.7. The second-order valence-corrected chi connectivity index (χ2v) is 5.13. The van der Waals surface area contributed by atoms with Crippen LogP contribution in [0.4, 0.5) is 5.69 Å². The first-order valence-corrected chi connectivity index (χ1v) is 6.45. The zero-order chi connectivity index (χ0) is 15.0. The molecular formula is C11H7BrClN3O4. The van der Waals surface area contributed by atoms with E-state index in [4.69, 9.17) is 11.6 Å². The van der Waals surface area contributed by atoms with Crippen LogP contribution in [0.25, 0.3) is 5.69 Å². The number of nitrogens with zero attached hydrogens (tertiary/aromatic N) is 2. The van der Waals surface area contributed by atoms with Gasteiger partial charge in [-0.2, -0.15) is 0 Å². The van der Waals surface area contributed by atoms with Gasteiger partial charge in [0.1, 0.15) is 5.15 Å². The molecule has 0 aliphatic rings. The lowest BCUT2D eigenvalue weighted by atomic mass is 10.2. The van der Waals surface area contributed by atoms with Gasteiger partial charge < -0.3 is 0 Å². The normalized spacial score (nSPS) is 10.6. The second-order valence-electron chi connectivity index (χ2n) is 3.90. The largest absolute Gasteiger partial charge is 0.334 e. The molecule has 0 radical (unpaired) electrons. The van der Waals surface area contributed by atoms with Crippen LogP contribution in [-0.4, -0.2) is 14.5 Å². The number of aromatic amines is 1. The molecule has 0 aliphatic heterocycles. The summed E-state index contributed by atoms with van der Waals surface area (Å²) in [6.45, 7) is 1.45. The molecule has 0 atom stereocenters. The SMILES string of the molecule is Cc1c(Cl)[nH]c(=O)n(-c2cc([N+](=O)[O-])ccc2Br)c1=O. The lowest BCUT2D eigenvalue weighted by Gasteiger charge is -2.08. The third-order valence-electron chi connectivity index (χ3n) is 2.65. The standard InChI is InChI=1S/C11H7BrClN3O4/c1-5-9(13)14-11(18)15(10(5)17)8-4-6(16(19)20)2-3-7(8)12/h2-4H,1H3,(H,14,18). The molecule has 0 saturated carbocycles. The summed E-state index contributed by atoms with van der Waals surface area (Å²) in [4.78, 5) is 36.5. The third kappa shape index (κ3) is 2.39. The molecule has 2 rings (SSSR count). The van der Waals surface area contributed by atoms with Crippen molar-refractivity contribution in [2.24, 2.45) is 0 Å². The minimum Gasteiger partial charge on any atom is -0.297 e. The first kappa shape index (κ1) is 14.5. The summed E-state index contributed by atoms with van der Waals surface area (Å²) in [5.74, 6) is 0. The predicted molar refractivity (Wildman–Crippen MR) is 76.8 cm³/mol. The number of halogens is 2. The fourth-order valence-corrected chi connectivity index (χ4v) is 2.19. The van der Waals surface area contributed by atoms with E-state index in [1.54, 1.807) is 0 Å². The zero-order valence-electron chi connectivity index (χ0n) is 10.0. The molecular weight excluding hydrogens is 353 g/mol. The van der Waals surface area contributed by atoms with Gasteiger partial charge in [0.25, 0.3) is 11.2 Å². The Hall–Kier alpha value is -1.93. The van der Waals surface area contributed by atoms with Gasteiger partial charge in [-0.1, -0.05) is 11.6 Å². The fraction of sp³-hybridized carbons (Fsp3) is 0.0909. The number of aromatic nitrogens is 2. The Morgan fingerprint density at radius 2 is 2.05 bits per heavy atom. The molecule has 0 bridgehead atoms. The molecule has 0 unspecified atom stereocenters. The number of non-ortho nitro benzene ring substituents is 1. The highest BCUT2D eigenvalue weighted by atomic mass is 79.9. The number of hydrogen-bond acceptors (Lipinski definition) is 4. The van der Waals surface area contributed by atoms with Gasteiger partial charge in [0.05, 0.1) is 16.2 Å². The molecule has 104 valence electrons. The summed E-state index contributed by atoms with van der Waals surface area (Å²) in [7, 11) is 0. The summed E-state index contributed by atoms with van der Waals surface area (Å²) in [6, 6.07) is 3.78. The molecule has 0 spiro atoms. The van der Waals surface area contributed by atoms with Gasteiger partial charge in [0, 0.05) is 16.6 Å². The summed E-state index contributed by atoms with van der Waals surface area (Å²) >= 11 is 8.87. The zero-order valence-corrected chi connectivity index (χ0v) is 12.4. The highest BCUT2D eigenvalue weighted by molar-refractivity contribution is 9.10. The van der Waals surface area contributed by atoms with Crippen molar-refractivity contribution < 1.29 is 4.92 Å². The van der Waals surface area contributed by atoms with E-state index >= 15 is 0 Å². The topological polar surface area (TPSA) is 98.0 Å². The van der Waals surface area contributed by atoms with Crippen molar-refractivity contribution in [3.05, 3.63) is 64.3 Å². The van der Waals surface area contributed by atoms with Crippen LogP contribution in [0.1, 0.15) is 5.56 Å². The molecule has 1 aromatic heterocycles. The summed E-state index contributed by atoms with van der Waals surface area (Å²) in [6.07, 6.45) is 0. The first-order chi connectivity index (χ1) is 9.32. The van der Waals surface area contributed by atoms with E-state index in [0.29, 0.717) is 4.47 Å². The van der Waals surface area contributed by atoms with Crippen LogP contribution < -0.4 is 11.2 Å². The van der Waals surface area contributed by atoms with Gasteiger partial charge >= 0.3 is 5.69 Å². The minimum absolute atomic E-state index is 0.0576. The van der Waals surface area contributed by atoms with E-state index in [2.05, 4.69) is 20.9 Å². The molecule has 0 amide bonds. The van der Waals surface area contributed by atoms with Crippen molar-refractivity contribution >= 4 is 33.2 Å². The maximum atomic E-state index is 12.1. The Bertz CT molecular complexity index is 827. The van der Waals surface area contributed by atoms with Crippen LogP contribution in [-0.2, 0) is 0 Å². The number of nitro groups is 1. The molecule has 2 aromatic rings. The van der Waals surface area contributed by atoms with Crippen molar-refractivity contribution in [1.29, 1.82) is 0 Å². The van der Waals surface area contributed by atoms with Crippen molar-refractivity contribution in [3.8, 4) is 5.69 Å². The monoisotopic (exact) mass is 359 g/mol. The lowest BCUT2D eigenvalue weighted by molar-refractivity contribution is -0.384. The van der Waals surface area contributed by atoms with Gasteiger partial charge in [-0.3, -0.25) is 19.9 Å². The summed E-state index contributed by atoms with van der Waals surface area (Å²) < 4.78 is 1.16. The van der Waals surface area contributed by atoms with Gasteiger partial charge in [0.2, 0.25) is 0 Å². The quantitative estimate of drug-likeness (QED) is 0.504. The van der Waals surface area contributed by atoms with E-state index in [1.165, 1.54) is 19.1 Å². The fourth-order valence-electron chi connectivity index (χ4n) is 1.60. The van der Waals surface area contributed by atoms with Crippen molar-refractivity contribution in [2.75, 3.05) is 0 Å². The predicted octanol–water partition coefficient (Wildman–Crippen LogP) is 2.16. The highest BCUT2D eigenvalue weighted by Crippen LogP contribution is 2.24. The Balaban J connectivity index is 2.85. The van der Waals surface area contributed by atoms with Crippen LogP contribution >= 0.6 is 27.5 Å². The molecule has 1 heterocycles. The summed E-state index contributed by atoms with van der Waals surface area (Å²) in [5.41, 5.74) is -1.43. The average Bonchev–Trinajstić information content (AvgIpc) is 2.38. The van der Waals surface area contributed by atoms with Crippen LogP contribution in [0.2, 0.25) is 5.15 Å². The highest BCUT2D eigenvalue weighted by Gasteiger charge is 2.16. The maximum Gasteiger partial charge on any atom is 0.334 e. The van der Waals surface area contributed by atoms with Crippen LogP contribution in [0.3, 0.4) is 0 Å². The Morgan fingerprint density at radius 1 is 1.40 bits per heavy atom. The molecule has 0 aliphatic carbocycles. The number of rotatable bonds is 2. The smallest absolute Gasteiger partial charge is 0.297 e. The Labute approximate surface area is 125 Å². The van der Waals surface area contributed by atoms with Gasteiger partial charge in [0.15, 0.2) is 0 Å². The first-order valence-electron chi connectivity index (χ1n) is 5.28. The molecule has 7 nitrogen and oxygen atoms in total. The number of benzene rings is 1. The Kier molecular flexibility index (Phi) is 3.78. The van der Waals surface area contributed by atoms with Crippen molar-refractivity contribution in [2.45, 2.75) is 6.92 Å². The Morgan fingerprint density at radius 3 is 2.65 bits per heavy atom. The molecule has 20 heavy (non-hydrogen) atoms. The van der Waals surface area contributed by atoms with Gasteiger partial charge in [-0.05, 0) is 28.9 Å². The molecule has 1 N–H and O–H groups in total. The molecule has 0 fully saturated rings. The van der Waals surface area contributed by atoms with E-state index in [9.17, 15) is 19.7 Å². The minimum atomic E-state index is -0.771. The molecule has 9 heteroatoms. The van der Waals surface area contributed by atoms with Crippen LogP contribution in [0.5, 0.6) is 0 Å². The van der Waals surface area contributed by atoms with Crippen LogP contribution in [0, 0.1) is 17.0 Å². The number of hydrogen-bond donors (Lipinski definition) is 1. The average molecular weight is 361 g/mol. The lowest BCUT2D eigenvalue weighted by Crippen LogP contribution is -2.35. The molecule has 0 saturated heterocycles. The van der Waals surface area contributed by atoms with E-state index in [-0.39, 0.29) is 22.1 Å². The maximum absolute atomic E-state index is 12.1. The van der Waals surface area contributed by atoms with Crippen molar-refractivity contribution in [3.63, 3.8) is 0 Å². The second kappa shape index (κ2) is 5.22. The third-order valence-corrected chi connectivity index (χ3v) is 3.70. The van der Waals surface area contributed by atoms with Crippen molar-refractivity contribution in [1.82, 2.24) is 9.55 Å². The van der Waals surface area contributed by atoms with E-state index in [1.807, 2.05) is 0 Å². The van der Waals surface area contributed by atoms with E-state index < -0.39 is 16.2 Å².